The predicted molar refractivity (Wildman–Crippen MR) is 83.1 cm³/mol. The maximum atomic E-state index is 9.53. The third-order valence-electron chi connectivity index (χ3n) is 4.13. The fraction of sp³-hybridized carbons (Fsp3) is 0.625. The van der Waals surface area contributed by atoms with Crippen LogP contribution in [-0.4, -0.2) is 17.8 Å². The molecule has 1 aliphatic carbocycles. The van der Waals surface area contributed by atoms with E-state index in [1.54, 1.807) is 0 Å². The van der Waals surface area contributed by atoms with Gasteiger partial charge in [-0.1, -0.05) is 35.0 Å². The normalized spacial score (nSPS) is 25.2. The van der Waals surface area contributed by atoms with Gasteiger partial charge in [0.15, 0.2) is 0 Å². The standard InChI is InChI=1S/C16H24BrNO/c1-2-16(13-4-3-5-14(17)10-13)18-11-12-6-8-15(19)9-7-12/h3-5,10,12,15-16,18-19H,2,6-9,11H2,1H3. The van der Waals surface area contributed by atoms with Crippen LogP contribution in [-0.2, 0) is 0 Å². The maximum absolute atomic E-state index is 9.53. The van der Waals surface area contributed by atoms with Crippen LogP contribution in [0.1, 0.15) is 50.6 Å². The summed E-state index contributed by atoms with van der Waals surface area (Å²) in [5.74, 6) is 0.726. The van der Waals surface area contributed by atoms with Gasteiger partial charge < -0.3 is 10.4 Å². The van der Waals surface area contributed by atoms with Crippen LogP contribution in [0.4, 0.5) is 0 Å². The second kappa shape index (κ2) is 7.41. The van der Waals surface area contributed by atoms with Gasteiger partial charge in [-0.05, 0) is 62.3 Å². The average Bonchev–Trinajstić information content (AvgIpc) is 2.42. The number of nitrogens with one attached hydrogen (secondary N) is 1. The molecule has 0 spiro atoms. The topological polar surface area (TPSA) is 32.3 Å². The molecule has 1 fully saturated rings. The Balaban J connectivity index is 1.86. The van der Waals surface area contributed by atoms with Crippen molar-refractivity contribution >= 4 is 15.9 Å². The van der Waals surface area contributed by atoms with Crippen molar-refractivity contribution in [2.24, 2.45) is 5.92 Å². The zero-order chi connectivity index (χ0) is 13.7. The van der Waals surface area contributed by atoms with E-state index in [1.165, 1.54) is 5.56 Å². The lowest BCUT2D eigenvalue weighted by molar-refractivity contribution is 0.107. The Hall–Kier alpha value is -0.380. The number of hydrogen-bond donors (Lipinski definition) is 2. The third kappa shape index (κ3) is 4.59. The van der Waals surface area contributed by atoms with Gasteiger partial charge in [0.2, 0.25) is 0 Å². The molecule has 106 valence electrons. The van der Waals surface area contributed by atoms with Crippen LogP contribution >= 0.6 is 15.9 Å². The van der Waals surface area contributed by atoms with E-state index in [1.807, 2.05) is 0 Å². The molecule has 1 unspecified atom stereocenters. The van der Waals surface area contributed by atoms with Gasteiger partial charge in [-0.3, -0.25) is 0 Å². The first-order valence-corrected chi connectivity index (χ1v) is 8.15. The van der Waals surface area contributed by atoms with Crippen molar-refractivity contribution in [3.8, 4) is 0 Å². The molecule has 0 aromatic heterocycles. The molecule has 2 N–H and O–H groups in total. The number of benzene rings is 1. The van der Waals surface area contributed by atoms with Crippen LogP contribution in [0.15, 0.2) is 28.7 Å². The predicted octanol–water partition coefficient (Wildman–Crippen LogP) is 4.04. The molecule has 19 heavy (non-hydrogen) atoms. The smallest absolute Gasteiger partial charge is 0.0540 e. The van der Waals surface area contributed by atoms with Gasteiger partial charge >= 0.3 is 0 Å². The van der Waals surface area contributed by atoms with E-state index in [0.29, 0.717) is 6.04 Å². The number of hydrogen-bond acceptors (Lipinski definition) is 2. The van der Waals surface area contributed by atoms with Gasteiger partial charge in [-0.15, -0.1) is 0 Å². The van der Waals surface area contributed by atoms with Crippen LogP contribution in [0.25, 0.3) is 0 Å². The largest absolute Gasteiger partial charge is 0.393 e. The summed E-state index contributed by atoms with van der Waals surface area (Å²) in [6, 6.07) is 8.99. The molecule has 0 bridgehead atoms. The van der Waals surface area contributed by atoms with Crippen LogP contribution in [0.5, 0.6) is 0 Å². The Labute approximate surface area is 124 Å². The van der Waals surface area contributed by atoms with Crippen LogP contribution < -0.4 is 5.32 Å². The van der Waals surface area contributed by atoms with Crippen molar-refractivity contribution in [1.82, 2.24) is 5.32 Å². The molecule has 1 aromatic carbocycles. The number of halogens is 1. The summed E-state index contributed by atoms with van der Waals surface area (Å²) in [4.78, 5) is 0. The highest BCUT2D eigenvalue weighted by Crippen LogP contribution is 2.25. The lowest BCUT2D eigenvalue weighted by atomic mass is 9.87. The van der Waals surface area contributed by atoms with E-state index in [9.17, 15) is 5.11 Å². The summed E-state index contributed by atoms with van der Waals surface area (Å²) in [7, 11) is 0. The Bertz CT molecular complexity index is 388. The fourth-order valence-electron chi connectivity index (χ4n) is 2.88. The van der Waals surface area contributed by atoms with Crippen LogP contribution in [0.2, 0.25) is 0 Å². The number of rotatable bonds is 5. The number of aliphatic hydroxyl groups is 1. The Morgan fingerprint density at radius 3 is 2.68 bits per heavy atom. The first kappa shape index (κ1) is 15.0. The summed E-state index contributed by atoms with van der Waals surface area (Å²) >= 11 is 3.54. The van der Waals surface area contributed by atoms with Crippen molar-refractivity contribution < 1.29 is 5.11 Å². The molecule has 2 nitrogen and oxygen atoms in total. The van der Waals surface area contributed by atoms with Gasteiger partial charge in [0.05, 0.1) is 6.10 Å². The lowest BCUT2D eigenvalue weighted by Gasteiger charge is -2.27. The van der Waals surface area contributed by atoms with Crippen LogP contribution in [0.3, 0.4) is 0 Å². The molecule has 2 rings (SSSR count). The molecule has 1 atom stereocenters. The van der Waals surface area contributed by atoms with E-state index >= 15 is 0 Å². The van der Waals surface area contributed by atoms with Crippen molar-refractivity contribution in [3.63, 3.8) is 0 Å². The molecule has 0 amide bonds. The summed E-state index contributed by atoms with van der Waals surface area (Å²) in [6.07, 6.45) is 5.31. The summed E-state index contributed by atoms with van der Waals surface area (Å²) in [5, 5.41) is 13.2. The van der Waals surface area contributed by atoms with Crippen molar-refractivity contribution in [1.29, 1.82) is 0 Å². The molecule has 0 radical (unpaired) electrons. The van der Waals surface area contributed by atoms with Gasteiger partial charge in [-0.25, -0.2) is 0 Å². The summed E-state index contributed by atoms with van der Waals surface area (Å²) in [6.45, 7) is 3.29. The van der Waals surface area contributed by atoms with E-state index in [4.69, 9.17) is 0 Å². The van der Waals surface area contributed by atoms with E-state index < -0.39 is 0 Å². The second-order valence-corrected chi connectivity index (χ2v) is 6.51. The molecule has 1 aromatic rings. The quantitative estimate of drug-likeness (QED) is 0.856. The molecule has 3 heteroatoms. The molecule has 1 saturated carbocycles. The minimum absolute atomic E-state index is 0.0525. The fourth-order valence-corrected chi connectivity index (χ4v) is 3.30. The minimum atomic E-state index is -0.0525. The van der Waals surface area contributed by atoms with E-state index in [-0.39, 0.29) is 6.10 Å². The number of aliphatic hydroxyl groups excluding tert-OH is 1. The third-order valence-corrected chi connectivity index (χ3v) is 4.62. The minimum Gasteiger partial charge on any atom is -0.393 e. The second-order valence-electron chi connectivity index (χ2n) is 5.60. The molecular formula is C16H24BrNO. The van der Waals surface area contributed by atoms with E-state index in [0.717, 1.165) is 49.0 Å². The highest BCUT2D eigenvalue weighted by atomic mass is 79.9. The Morgan fingerprint density at radius 2 is 2.05 bits per heavy atom. The average molecular weight is 326 g/mol. The van der Waals surface area contributed by atoms with Crippen molar-refractivity contribution in [2.45, 2.75) is 51.2 Å². The van der Waals surface area contributed by atoms with E-state index in [2.05, 4.69) is 52.4 Å². The first-order chi connectivity index (χ1) is 9.19. The zero-order valence-corrected chi connectivity index (χ0v) is 13.2. The first-order valence-electron chi connectivity index (χ1n) is 7.36. The van der Waals surface area contributed by atoms with Crippen LogP contribution in [0, 0.1) is 5.92 Å². The monoisotopic (exact) mass is 325 g/mol. The van der Waals surface area contributed by atoms with Gasteiger partial charge in [0.25, 0.3) is 0 Å². The molecule has 0 aliphatic heterocycles. The zero-order valence-electron chi connectivity index (χ0n) is 11.6. The molecule has 1 aliphatic rings. The van der Waals surface area contributed by atoms with Gasteiger partial charge in [0, 0.05) is 10.5 Å². The summed E-state index contributed by atoms with van der Waals surface area (Å²) < 4.78 is 1.14. The van der Waals surface area contributed by atoms with Crippen molar-refractivity contribution in [3.05, 3.63) is 34.3 Å². The summed E-state index contributed by atoms with van der Waals surface area (Å²) in [5.41, 5.74) is 1.35. The molecular weight excluding hydrogens is 302 g/mol. The van der Waals surface area contributed by atoms with Gasteiger partial charge in [0.1, 0.15) is 0 Å². The van der Waals surface area contributed by atoms with Gasteiger partial charge in [-0.2, -0.15) is 0 Å². The highest BCUT2D eigenvalue weighted by molar-refractivity contribution is 9.10. The van der Waals surface area contributed by atoms with Crippen molar-refractivity contribution in [2.75, 3.05) is 6.54 Å². The Morgan fingerprint density at radius 1 is 1.32 bits per heavy atom. The lowest BCUT2D eigenvalue weighted by Crippen LogP contribution is -2.30. The SMILES string of the molecule is CCC(NCC1CCC(O)CC1)c1cccc(Br)c1. The molecule has 0 heterocycles. The highest BCUT2D eigenvalue weighted by Gasteiger charge is 2.20. The Kier molecular flexibility index (Phi) is 5.86. The molecule has 0 saturated heterocycles. The maximum Gasteiger partial charge on any atom is 0.0540 e.